The van der Waals surface area contributed by atoms with E-state index in [4.69, 9.17) is 4.42 Å². The van der Waals surface area contributed by atoms with E-state index in [0.29, 0.717) is 12.2 Å². The van der Waals surface area contributed by atoms with Gasteiger partial charge >= 0.3 is 0 Å². The molecule has 0 radical (unpaired) electrons. The van der Waals surface area contributed by atoms with Gasteiger partial charge in [0.05, 0.1) is 23.6 Å². The number of nitrogens with one attached hydrogen (secondary N) is 1. The van der Waals surface area contributed by atoms with Gasteiger partial charge in [-0.2, -0.15) is 0 Å². The first-order chi connectivity index (χ1) is 15.5. The molecule has 0 fully saturated rings. The number of furan rings is 1. The maximum atomic E-state index is 13.7. The number of para-hydroxylation sites is 2. The van der Waals surface area contributed by atoms with Gasteiger partial charge in [0, 0.05) is 24.0 Å². The minimum Gasteiger partial charge on any atom is -0.467 e. The van der Waals surface area contributed by atoms with Crippen LogP contribution in [-0.4, -0.2) is 11.7 Å². The smallest absolute Gasteiger partial charge is 0.230 e. The number of carbonyl (C=O) groups excluding carboxylic acids is 2. The molecule has 1 aliphatic heterocycles. The Balaban J connectivity index is 1.71. The molecule has 1 N–H and O–H groups in total. The van der Waals surface area contributed by atoms with Crippen LogP contribution < -0.4 is 10.2 Å². The molecule has 162 valence electrons. The highest BCUT2D eigenvalue weighted by Gasteiger charge is 2.46. The Morgan fingerprint density at radius 1 is 1.03 bits per heavy atom. The molecular weight excluding hydrogens is 400 g/mol. The Hall–Kier alpha value is -3.60. The van der Waals surface area contributed by atoms with Gasteiger partial charge in [-0.1, -0.05) is 62.4 Å². The number of hydrogen-bond acceptors (Lipinski definition) is 4. The Morgan fingerprint density at radius 3 is 2.50 bits per heavy atom. The first kappa shape index (κ1) is 20.3. The molecule has 5 rings (SSSR count). The summed E-state index contributed by atoms with van der Waals surface area (Å²) in [5.41, 5.74) is 3.50. The fourth-order valence-corrected chi connectivity index (χ4v) is 4.81. The number of benzene rings is 2. The van der Waals surface area contributed by atoms with E-state index >= 15 is 0 Å². The largest absolute Gasteiger partial charge is 0.467 e. The minimum absolute atomic E-state index is 0.0146. The van der Waals surface area contributed by atoms with E-state index in [0.717, 1.165) is 22.6 Å². The van der Waals surface area contributed by atoms with Gasteiger partial charge in [-0.05, 0) is 29.8 Å². The van der Waals surface area contributed by atoms with E-state index in [9.17, 15) is 9.59 Å². The Kier molecular flexibility index (Phi) is 5.17. The number of allylic oxidation sites excluding steroid dienone is 1. The lowest BCUT2D eigenvalue weighted by molar-refractivity contribution is -0.124. The average molecular weight is 427 g/mol. The Morgan fingerprint density at radius 2 is 1.78 bits per heavy atom. The summed E-state index contributed by atoms with van der Waals surface area (Å²) < 4.78 is 5.81. The summed E-state index contributed by atoms with van der Waals surface area (Å²) in [7, 11) is 0. The second-order valence-electron chi connectivity index (χ2n) is 8.75. The van der Waals surface area contributed by atoms with Gasteiger partial charge in [0.25, 0.3) is 0 Å². The number of hydrogen-bond donors (Lipinski definition) is 1. The number of amides is 1. The molecule has 2 aliphatic rings. The van der Waals surface area contributed by atoms with Crippen LogP contribution in [0.4, 0.5) is 11.4 Å². The minimum atomic E-state index is -0.550. The lowest BCUT2D eigenvalue weighted by Gasteiger charge is -2.36. The first-order valence-corrected chi connectivity index (χ1v) is 11.1. The van der Waals surface area contributed by atoms with Crippen molar-refractivity contribution in [2.24, 2.45) is 11.8 Å². The molecule has 32 heavy (non-hydrogen) atoms. The molecule has 0 bridgehead atoms. The van der Waals surface area contributed by atoms with Crippen LogP contribution in [0.3, 0.4) is 0 Å². The van der Waals surface area contributed by atoms with Crippen LogP contribution in [0, 0.1) is 11.8 Å². The monoisotopic (exact) mass is 426 g/mol. The quantitative estimate of drug-likeness (QED) is 0.584. The second-order valence-corrected chi connectivity index (χ2v) is 8.75. The van der Waals surface area contributed by atoms with Crippen LogP contribution in [0.1, 0.15) is 43.6 Å². The van der Waals surface area contributed by atoms with Crippen LogP contribution in [-0.2, 0) is 9.59 Å². The predicted octanol–water partition coefficient (Wildman–Crippen LogP) is 5.69. The first-order valence-electron chi connectivity index (χ1n) is 11.1. The van der Waals surface area contributed by atoms with Crippen molar-refractivity contribution in [2.75, 3.05) is 10.2 Å². The van der Waals surface area contributed by atoms with Crippen LogP contribution in [0.5, 0.6) is 0 Å². The lowest BCUT2D eigenvalue weighted by Crippen LogP contribution is -2.44. The zero-order valence-electron chi connectivity index (χ0n) is 18.2. The second kappa shape index (κ2) is 8.15. The van der Waals surface area contributed by atoms with E-state index in [2.05, 4.69) is 23.5 Å². The molecule has 0 saturated heterocycles. The van der Waals surface area contributed by atoms with E-state index in [-0.39, 0.29) is 23.5 Å². The summed E-state index contributed by atoms with van der Waals surface area (Å²) >= 11 is 0. The van der Waals surface area contributed by atoms with Gasteiger partial charge in [0.2, 0.25) is 5.91 Å². The van der Waals surface area contributed by atoms with Crippen LogP contribution in [0.15, 0.2) is 89.2 Å². The normalized spacial score (nSPS) is 22.5. The molecule has 2 heterocycles. The van der Waals surface area contributed by atoms with Gasteiger partial charge < -0.3 is 9.73 Å². The number of anilines is 2. The summed E-state index contributed by atoms with van der Waals surface area (Å²) in [6.45, 7) is 3.76. The van der Waals surface area contributed by atoms with Crippen molar-refractivity contribution in [3.63, 3.8) is 0 Å². The van der Waals surface area contributed by atoms with Gasteiger partial charge in [-0.3, -0.25) is 14.5 Å². The van der Waals surface area contributed by atoms with Gasteiger partial charge in [-0.25, -0.2) is 0 Å². The average Bonchev–Trinajstić information content (AvgIpc) is 3.28. The molecular formula is C27H26N2O3. The summed E-state index contributed by atoms with van der Waals surface area (Å²) in [5, 5.41) is 3.51. The van der Waals surface area contributed by atoms with Crippen molar-refractivity contribution in [2.45, 2.75) is 32.2 Å². The van der Waals surface area contributed by atoms with Crippen molar-refractivity contribution in [3.8, 4) is 0 Å². The van der Waals surface area contributed by atoms with Crippen LogP contribution in [0.25, 0.3) is 0 Å². The molecule has 3 atom stereocenters. The predicted molar refractivity (Wildman–Crippen MR) is 124 cm³/mol. The zero-order chi connectivity index (χ0) is 22.2. The van der Waals surface area contributed by atoms with Gasteiger partial charge in [-0.15, -0.1) is 0 Å². The number of ketones is 1. The molecule has 0 spiro atoms. The fourth-order valence-electron chi connectivity index (χ4n) is 4.81. The Labute approximate surface area is 187 Å². The molecule has 0 saturated carbocycles. The van der Waals surface area contributed by atoms with Crippen molar-refractivity contribution < 1.29 is 14.0 Å². The van der Waals surface area contributed by atoms with Gasteiger partial charge in [0.1, 0.15) is 17.6 Å². The highest BCUT2D eigenvalue weighted by Crippen LogP contribution is 2.48. The number of fused-ring (bicyclic) bond motifs is 2. The fraction of sp³-hybridized carbons (Fsp3) is 0.259. The standard InChI is InChI=1S/C27H26N2O3/c1-17(2)27(31)29-22-12-7-6-11-20(22)28-21-15-19(18-9-4-3-5-10-18)16-23(30)25(21)26(29)24-13-8-14-32-24/h3-15,17,19,25-26,28H,16H2,1-2H3/t19-,25+,26-/m1/s1. The maximum absolute atomic E-state index is 13.7. The number of nitrogens with zero attached hydrogens (tertiary/aromatic N) is 1. The van der Waals surface area contributed by atoms with Crippen LogP contribution >= 0.6 is 0 Å². The number of Topliss-reactive ketones (excluding diaryl/α,β-unsaturated/α-hetero) is 1. The summed E-state index contributed by atoms with van der Waals surface area (Å²) in [6, 6.07) is 20.9. The molecule has 5 nitrogen and oxygen atoms in total. The summed E-state index contributed by atoms with van der Waals surface area (Å²) in [6.07, 6.45) is 4.13. The molecule has 0 unspecified atom stereocenters. The van der Waals surface area contributed by atoms with Crippen LogP contribution in [0.2, 0.25) is 0 Å². The van der Waals surface area contributed by atoms with E-state index in [1.807, 2.05) is 62.4 Å². The molecule has 2 aromatic carbocycles. The van der Waals surface area contributed by atoms with Crippen molar-refractivity contribution in [1.29, 1.82) is 0 Å². The SMILES string of the molecule is CC(C)C(=O)N1c2ccccc2NC2=C[C@@H](c3ccccc3)CC(=O)[C@H]2[C@H]1c1ccco1. The third-order valence-corrected chi connectivity index (χ3v) is 6.31. The highest BCUT2D eigenvalue weighted by atomic mass is 16.3. The van der Waals surface area contributed by atoms with Crippen molar-refractivity contribution >= 4 is 23.1 Å². The van der Waals surface area contributed by atoms with E-state index < -0.39 is 12.0 Å². The molecule has 1 amide bonds. The Bertz CT molecular complexity index is 1160. The third kappa shape index (κ3) is 3.44. The van der Waals surface area contributed by atoms with E-state index in [1.54, 1.807) is 17.2 Å². The molecule has 5 heteroatoms. The highest BCUT2D eigenvalue weighted by molar-refractivity contribution is 6.01. The number of carbonyl (C=O) groups is 2. The molecule has 3 aromatic rings. The van der Waals surface area contributed by atoms with E-state index in [1.165, 1.54) is 0 Å². The maximum Gasteiger partial charge on any atom is 0.230 e. The number of rotatable bonds is 3. The van der Waals surface area contributed by atoms with Crippen molar-refractivity contribution in [1.82, 2.24) is 0 Å². The molecule has 1 aliphatic carbocycles. The van der Waals surface area contributed by atoms with Crippen molar-refractivity contribution in [3.05, 3.63) is 96.1 Å². The summed E-state index contributed by atoms with van der Waals surface area (Å²) in [5.74, 6) is -0.114. The zero-order valence-corrected chi connectivity index (χ0v) is 18.2. The van der Waals surface area contributed by atoms with Gasteiger partial charge in [0.15, 0.2) is 0 Å². The third-order valence-electron chi connectivity index (χ3n) is 6.31. The lowest BCUT2D eigenvalue weighted by atomic mass is 9.77. The molecule has 1 aromatic heterocycles. The summed E-state index contributed by atoms with van der Waals surface area (Å²) in [4.78, 5) is 29.0. The topological polar surface area (TPSA) is 62.6 Å².